The van der Waals surface area contributed by atoms with Crippen molar-refractivity contribution >= 4 is 39.4 Å². The molecule has 5 aromatic rings. The molecule has 0 saturated heterocycles. The fraction of sp³-hybridized carbons (Fsp3) is 0.161. The number of carbonyl (C=O) groups is 2. The molecule has 0 radical (unpaired) electrons. The second-order valence-electron chi connectivity index (χ2n) is 9.32. The van der Waals surface area contributed by atoms with E-state index >= 15 is 0 Å². The largest absolute Gasteiger partial charge is 0.452 e. The Bertz CT molecular complexity index is 1630. The Morgan fingerprint density at radius 2 is 1.68 bits per heavy atom. The monoisotopic (exact) mass is 487 g/mol. The highest BCUT2D eigenvalue weighted by Crippen LogP contribution is 2.36. The van der Waals surface area contributed by atoms with Gasteiger partial charge in [0.15, 0.2) is 6.61 Å². The molecule has 0 saturated carbocycles. The van der Waals surface area contributed by atoms with Gasteiger partial charge < -0.3 is 10.1 Å². The van der Waals surface area contributed by atoms with Crippen molar-refractivity contribution in [1.29, 1.82) is 0 Å². The van der Waals surface area contributed by atoms with E-state index in [0.717, 1.165) is 45.9 Å². The lowest BCUT2D eigenvalue weighted by Crippen LogP contribution is -2.24. The third kappa shape index (κ3) is 4.66. The predicted molar refractivity (Wildman–Crippen MR) is 144 cm³/mol. The van der Waals surface area contributed by atoms with E-state index in [9.17, 15) is 9.59 Å². The molecule has 2 aromatic heterocycles. The minimum absolute atomic E-state index is 0.298. The fourth-order valence-corrected chi connectivity index (χ4v) is 5.17. The molecular weight excluding hydrogens is 462 g/mol. The maximum absolute atomic E-state index is 13.5. The minimum atomic E-state index is -0.504. The lowest BCUT2D eigenvalue weighted by molar-refractivity contribution is -0.119. The average Bonchev–Trinajstić information content (AvgIpc) is 2.94. The first-order valence-electron chi connectivity index (χ1n) is 12.4. The standard InChI is InChI=1S/C31H25N3O3/c35-29(33-23-16-22-10-4-6-12-26(22)32-18-23)19-37-31(36)30-24-11-5-7-13-27(24)34-28-15-14-21(17-25(28)30)20-8-2-1-3-9-20/h1-13,16,18,21H,14-15,17,19H2,(H,33,35). The fourth-order valence-electron chi connectivity index (χ4n) is 5.17. The summed E-state index contributed by atoms with van der Waals surface area (Å²) in [6.45, 7) is -0.390. The number of nitrogens with one attached hydrogen (secondary N) is 1. The summed E-state index contributed by atoms with van der Waals surface area (Å²) in [4.78, 5) is 35.3. The van der Waals surface area contributed by atoms with Gasteiger partial charge in [0.25, 0.3) is 5.91 Å². The van der Waals surface area contributed by atoms with E-state index in [4.69, 9.17) is 9.72 Å². The Labute approximate surface area is 214 Å². The van der Waals surface area contributed by atoms with Crippen molar-refractivity contribution in [3.63, 3.8) is 0 Å². The maximum Gasteiger partial charge on any atom is 0.339 e. The van der Waals surface area contributed by atoms with Crippen LogP contribution >= 0.6 is 0 Å². The Kier molecular flexibility index (Phi) is 6.06. The first-order chi connectivity index (χ1) is 18.2. The Morgan fingerprint density at radius 1 is 0.919 bits per heavy atom. The topological polar surface area (TPSA) is 81.2 Å². The number of amides is 1. The molecule has 0 aliphatic heterocycles. The zero-order valence-electron chi connectivity index (χ0n) is 20.2. The Hall–Kier alpha value is -4.58. The molecule has 6 heteroatoms. The first-order valence-corrected chi connectivity index (χ1v) is 12.4. The number of hydrogen-bond donors (Lipinski definition) is 1. The molecular formula is C31H25N3O3. The van der Waals surface area contributed by atoms with Crippen LogP contribution in [0.15, 0.2) is 91.1 Å². The quantitative estimate of drug-likeness (QED) is 0.315. The molecule has 2 heterocycles. The summed E-state index contributed by atoms with van der Waals surface area (Å²) in [5.41, 5.74) is 5.78. The Balaban J connectivity index is 1.24. The first kappa shape index (κ1) is 22.9. The number of nitrogens with zero attached hydrogens (tertiary/aromatic N) is 2. The summed E-state index contributed by atoms with van der Waals surface area (Å²) in [6, 6.07) is 27.5. The van der Waals surface area contributed by atoms with Crippen LogP contribution in [0.3, 0.4) is 0 Å². The van der Waals surface area contributed by atoms with Crippen LogP contribution in [0.5, 0.6) is 0 Å². The maximum atomic E-state index is 13.5. The van der Waals surface area contributed by atoms with E-state index in [2.05, 4.69) is 22.4 Å². The number of aromatic nitrogens is 2. The molecule has 3 aromatic carbocycles. The van der Waals surface area contributed by atoms with Crippen molar-refractivity contribution in [2.24, 2.45) is 0 Å². The molecule has 1 amide bonds. The number of aryl methyl sites for hydroxylation is 1. The van der Waals surface area contributed by atoms with E-state index in [0.29, 0.717) is 23.6 Å². The highest BCUT2D eigenvalue weighted by atomic mass is 16.5. The number of benzene rings is 3. The van der Waals surface area contributed by atoms with Crippen LogP contribution in [0.1, 0.15) is 39.5 Å². The summed E-state index contributed by atoms with van der Waals surface area (Å²) in [7, 11) is 0. The summed E-state index contributed by atoms with van der Waals surface area (Å²) in [5.74, 6) is -0.623. The van der Waals surface area contributed by atoms with Crippen LogP contribution in [0.2, 0.25) is 0 Å². The van der Waals surface area contributed by atoms with Crippen LogP contribution in [0.25, 0.3) is 21.8 Å². The van der Waals surface area contributed by atoms with Gasteiger partial charge in [0, 0.05) is 16.5 Å². The van der Waals surface area contributed by atoms with Gasteiger partial charge in [-0.2, -0.15) is 0 Å². The number of para-hydroxylation sites is 2. The molecule has 0 spiro atoms. The van der Waals surface area contributed by atoms with Gasteiger partial charge >= 0.3 is 5.97 Å². The SMILES string of the molecule is O=C(COC(=O)c1c2c(nc3ccccc13)CCC(c1ccccc1)C2)Nc1cnc2ccccc2c1. The van der Waals surface area contributed by atoms with Gasteiger partial charge in [-0.15, -0.1) is 0 Å². The van der Waals surface area contributed by atoms with Gasteiger partial charge in [0.2, 0.25) is 0 Å². The lowest BCUT2D eigenvalue weighted by Gasteiger charge is -2.26. The summed E-state index contributed by atoms with van der Waals surface area (Å²) >= 11 is 0. The molecule has 1 atom stereocenters. The van der Waals surface area contributed by atoms with Crippen molar-refractivity contribution in [3.8, 4) is 0 Å². The van der Waals surface area contributed by atoms with Gasteiger partial charge in [0.05, 0.1) is 28.5 Å². The highest BCUT2D eigenvalue weighted by Gasteiger charge is 2.28. The summed E-state index contributed by atoms with van der Waals surface area (Å²) in [5, 5.41) is 4.44. The van der Waals surface area contributed by atoms with Gasteiger partial charge in [-0.3, -0.25) is 14.8 Å². The van der Waals surface area contributed by atoms with Gasteiger partial charge in [-0.25, -0.2) is 4.79 Å². The van der Waals surface area contributed by atoms with Crippen LogP contribution in [0.4, 0.5) is 5.69 Å². The summed E-state index contributed by atoms with van der Waals surface area (Å²) < 4.78 is 5.57. The molecule has 0 bridgehead atoms. The third-order valence-corrected chi connectivity index (χ3v) is 6.94. The number of pyridine rings is 2. The van der Waals surface area contributed by atoms with Crippen molar-refractivity contribution in [2.45, 2.75) is 25.2 Å². The molecule has 1 aliphatic carbocycles. The van der Waals surface area contributed by atoms with Crippen molar-refractivity contribution in [2.75, 3.05) is 11.9 Å². The van der Waals surface area contributed by atoms with Gasteiger partial charge in [0.1, 0.15) is 0 Å². The van der Waals surface area contributed by atoms with Crippen LogP contribution in [0, 0.1) is 0 Å². The smallest absolute Gasteiger partial charge is 0.339 e. The molecule has 0 fully saturated rings. The number of carbonyl (C=O) groups excluding carboxylic acids is 2. The summed E-state index contributed by atoms with van der Waals surface area (Å²) in [6.07, 6.45) is 4.06. The second kappa shape index (κ2) is 9.82. The molecule has 1 aliphatic rings. The number of hydrogen-bond acceptors (Lipinski definition) is 5. The molecule has 182 valence electrons. The Morgan fingerprint density at radius 3 is 2.54 bits per heavy atom. The number of rotatable bonds is 5. The molecule has 37 heavy (non-hydrogen) atoms. The minimum Gasteiger partial charge on any atom is -0.452 e. The molecule has 1 N–H and O–H groups in total. The van der Waals surface area contributed by atoms with E-state index in [1.807, 2.05) is 72.8 Å². The van der Waals surface area contributed by atoms with Gasteiger partial charge in [-0.1, -0.05) is 66.7 Å². The zero-order valence-corrected chi connectivity index (χ0v) is 20.2. The third-order valence-electron chi connectivity index (χ3n) is 6.94. The lowest BCUT2D eigenvalue weighted by atomic mass is 9.80. The van der Waals surface area contributed by atoms with E-state index in [1.54, 1.807) is 6.20 Å². The van der Waals surface area contributed by atoms with E-state index in [-0.39, 0.29) is 6.61 Å². The number of ether oxygens (including phenoxy) is 1. The zero-order chi connectivity index (χ0) is 25.2. The number of anilines is 1. The number of esters is 1. The molecule has 1 unspecified atom stereocenters. The van der Waals surface area contributed by atoms with Crippen molar-refractivity contribution in [3.05, 3.63) is 114 Å². The predicted octanol–water partition coefficient (Wildman–Crippen LogP) is 5.85. The highest BCUT2D eigenvalue weighted by molar-refractivity contribution is 6.06. The molecule has 6 nitrogen and oxygen atoms in total. The van der Waals surface area contributed by atoms with Crippen LogP contribution in [-0.4, -0.2) is 28.5 Å². The van der Waals surface area contributed by atoms with Gasteiger partial charge in [-0.05, 0) is 54.5 Å². The van der Waals surface area contributed by atoms with Crippen LogP contribution < -0.4 is 5.32 Å². The van der Waals surface area contributed by atoms with Crippen molar-refractivity contribution < 1.29 is 14.3 Å². The van der Waals surface area contributed by atoms with E-state index in [1.165, 1.54) is 5.56 Å². The van der Waals surface area contributed by atoms with E-state index < -0.39 is 11.9 Å². The number of fused-ring (bicyclic) bond motifs is 3. The molecule has 6 rings (SSSR count). The van der Waals surface area contributed by atoms with Crippen LogP contribution in [-0.2, 0) is 22.4 Å². The van der Waals surface area contributed by atoms with Crippen molar-refractivity contribution in [1.82, 2.24) is 9.97 Å². The second-order valence-corrected chi connectivity index (χ2v) is 9.32. The average molecular weight is 488 g/mol. The normalized spacial score (nSPS) is 14.8.